The minimum atomic E-state index is -0.315. The Morgan fingerprint density at radius 1 is 1.22 bits per heavy atom. The maximum atomic E-state index is 13.4. The number of hydrogen-bond donors (Lipinski definition) is 2. The number of carbonyl (C=O) groups excluding carboxylic acids is 2. The van der Waals surface area contributed by atoms with Gasteiger partial charge in [0.25, 0.3) is 5.91 Å². The van der Waals surface area contributed by atoms with Crippen molar-refractivity contribution < 1.29 is 14.3 Å². The third-order valence-electron chi connectivity index (χ3n) is 6.08. The Hall–Kier alpha value is -4.47. The summed E-state index contributed by atoms with van der Waals surface area (Å²) in [6, 6.07) is 8.95. The molecule has 0 radical (unpaired) electrons. The number of aromatic nitrogens is 5. The van der Waals surface area contributed by atoms with Crippen molar-refractivity contribution in [2.45, 2.75) is 32.7 Å². The molecule has 1 aliphatic rings. The third kappa shape index (κ3) is 4.45. The molecule has 1 aliphatic heterocycles. The molecule has 4 heterocycles. The molecule has 5 rings (SSSR count). The van der Waals surface area contributed by atoms with Crippen molar-refractivity contribution >= 4 is 34.5 Å². The van der Waals surface area contributed by atoms with Crippen LogP contribution in [-0.4, -0.2) is 42.7 Å². The van der Waals surface area contributed by atoms with Crippen molar-refractivity contribution in [3.8, 4) is 17.1 Å². The summed E-state index contributed by atoms with van der Waals surface area (Å²) in [5.41, 5.74) is 4.51. The number of para-hydroxylation sites is 1. The molecule has 0 aliphatic carbocycles. The SMILES string of the molecule is C=CC(=O)Nc1cccc2nc3n(c12)CCCCCOc1c(cnn1C)-c1cc(cc(C)n1)C(=O)N3. The van der Waals surface area contributed by atoms with Gasteiger partial charge in [-0.05, 0) is 56.5 Å². The van der Waals surface area contributed by atoms with E-state index in [1.165, 1.54) is 6.08 Å². The Morgan fingerprint density at radius 2 is 2.08 bits per heavy atom. The van der Waals surface area contributed by atoms with Gasteiger partial charge in [-0.3, -0.25) is 19.9 Å². The molecule has 2 N–H and O–H groups in total. The van der Waals surface area contributed by atoms with Crippen molar-refractivity contribution in [3.63, 3.8) is 0 Å². The van der Waals surface area contributed by atoms with Gasteiger partial charge in [-0.2, -0.15) is 5.10 Å². The predicted molar refractivity (Wildman–Crippen MR) is 137 cm³/mol. The first kappa shape index (κ1) is 23.3. The van der Waals surface area contributed by atoms with Crippen LogP contribution in [0.1, 0.15) is 35.3 Å². The van der Waals surface area contributed by atoms with E-state index in [1.807, 2.05) is 36.7 Å². The smallest absolute Gasteiger partial charge is 0.258 e. The second kappa shape index (κ2) is 9.65. The number of imidazole rings is 1. The zero-order valence-electron chi connectivity index (χ0n) is 20.2. The van der Waals surface area contributed by atoms with Gasteiger partial charge in [0.15, 0.2) is 0 Å². The highest BCUT2D eigenvalue weighted by molar-refractivity contribution is 6.07. The number of aryl methyl sites for hydroxylation is 3. The predicted octanol–water partition coefficient (Wildman–Crippen LogP) is 4.08. The molecule has 0 atom stereocenters. The van der Waals surface area contributed by atoms with E-state index in [4.69, 9.17) is 4.74 Å². The first-order chi connectivity index (χ1) is 17.4. The quantitative estimate of drug-likeness (QED) is 0.414. The van der Waals surface area contributed by atoms with Crippen LogP contribution >= 0.6 is 0 Å². The molecule has 1 aromatic carbocycles. The lowest BCUT2D eigenvalue weighted by atomic mass is 10.1. The molecule has 36 heavy (non-hydrogen) atoms. The number of hydrogen-bond acceptors (Lipinski definition) is 6. The Balaban J connectivity index is 1.60. The van der Waals surface area contributed by atoms with Gasteiger partial charge in [0.05, 0.1) is 40.8 Å². The van der Waals surface area contributed by atoms with Crippen molar-refractivity contribution in [2.75, 3.05) is 17.2 Å². The minimum Gasteiger partial charge on any atom is -0.477 e. The summed E-state index contributed by atoms with van der Waals surface area (Å²) in [4.78, 5) is 34.8. The molecule has 2 bridgehead atoms. The number of amides is 2. The first-order valence-corrected chi connectivity index (χ1v) is 11.8. The number of rotatable bonds is 2. The lowest BCUT2D eigenvalue weighted by Crippen LogP contribution is -2.17. The van der Waals surface area contributed by atoms with Gasteiger partial charge in [0, 0.05) is 24.8 Å². The topological polar surface area (TPSA) is 116 Å². The standard InChI is InChI=1S/C26H27N7O3/c1-4-22(34)29-19-9-8-10-20-23(19)33-11-6-5-7-12-36-25-18(15-27-32(25)3)21-14-17(13-16(2)28-21)24(35)31-26(33)30-20/h4,8-10,13-15H,1,5-7,11-12H2,2-3H3,(H,29,34)(H,30,31,35). The lowest BCUT2D eigenvalue weighted by molar-refractivity contribution is -0.111. The molecule has 0 unspecified atom stereocenters. The zero-order valence-corrected chi connectivity index (χ0v) is 20.2. The van der Waals surface area contributed by atoms with E-state index < -0.39 is 0 Å². The van der Waals surface area contributed by atoms with Crippen molar-refractivity contribution in [1.29, 1.82) is 0 Å². The van der Waals surface area contributed by atoms with Gasteiger partial charge >= 0.3 is 0 Å². The third-order valence-corrected chi connectivity index (χ3v) is 6.08. The van der Waals surface area contributed by atoms with E-state index in [2.05, 4.69) is 32.3 Å². The molecule has 0 saturated carbocycles. The largest absolute Gasteiger partial charge is 0.477 e. The van der Waals surface area contributed by atoms with Gasteiger partial charge in [-0.1, -0.05) is 12.6 Å². The van der Waals surface area contributed by atoms with E-state index in [0.29, 0.717) is 53.1 Å². The van der Waals surface area contributed by atoms with Crippen molar-refractivity contribution in [2.24, 2.45) is 7.05 Å². The molecule has 184 valence electrons. The maximum Gasteiger partial charge on any atom is 0.258 e. The van der Waals surface area contributed by atoms with Gasteiger partial charge in [0.2, 0.25) is 17.7 Å². The first-order valence-electron chi connectivity index (χ1n) is 11.8. The molecule has 4 aromatic rings. The summed E-state index contributed by atoms with van der Waals surface area (Å²) in [7, 11) is 1.82. The maximum absolute atomic E-state index is 13.4. The fraction of sp³-hybridized carbons (Fsp3) is 0.269. The van der Waals surface area contributed by atoms with Crippen molar-refractivity contribution in [3.05, 3.63) is 60.4 Å². The lowest BCUT2D eigenvalue weighted by Gasteiger charge is -2.13. The van der Waals surface area contributed by atoms with Crippen LogP contribution in [0.3, 0.4) is 0 Å². The number of nitrogens with one attached hydrogen (secondary N) is 2. The van der Waals surface area contributed by atoms with Crippen LogP contribution in [-0.2, 0) is 18.4 Å². The van der Waals surface area contributed by atoms with E-state index in [0.717, 1.165) is 30.3 Å². The number of pyridine rings is 1. The van der Waals surface area contributed by atoms with Crippen LogP contribution in [0.5, 0.6) is 5.88 Å². The molecular weight excluding hydrogens is 458 g/mol. The number of fused-ring (bicyclic) bond motifs is 7. The van der Waals surface area contributed by atoms with Gasteiger partial charge in [0.1, 0.15) is 0 Å². The summed E-state index contributed by atoms with van der Waals surface area (Å²) in [6.07, 6.45) is 5.49. The summed E-state index contributed by atoms with van der Waals surface area (Å²) >= 11 is 0. The van der Waals surface area contributed by atoms with E-state index in [1.54, 1.807) is 23.0 Å². The average Bonchev–Trinajstić information content (AvgIpc) is 3.40. The number of anilines is 2. The Kier molecular flexibility index (Phi) is 6.24. The molecule has 3 aromatic heterocycles. The van der Waals surface area contributed by atoms with Crippen LogP contribution in [0.4, 0.5) is 11.6 Å². The van der Waals surface area contributed by atoms with Crippen LogP contribution in [0.15, 0.2) is 49.2 Å². The Labute approximate surface area is 208 Å². The number of ether oxygens (including phenoxy) is 1. The van der Waals surface area contributed by atoms with E-state index >= 15 is 0 Å². The number of nitrogens with zero attached hydrogens (tertiary/aromatic N) is 5. The van der Waals surface area contributed by atoms with Gasteiger partial charge in [-0.25, -0.2) is 9.67 Å². The highest BCUT2D eigenvalue weighted by atomic mass is 16.5. The van der Waals surface area contributed by atoms with Crippen LogP contribution in [0.2, 0.25) is 0 Å². The fourth-order valence-electron chi connectivity index (χ4n) is 4.39. The summed E-state index contributed by atoms with van der Waals surface area (Å²) < 4.78 is 9.71. The second-order valence-corrected chi connectivity index (χ2v) is 8.69. The molecule has 2 amide bonds. The Morgan fingerprint density at radius 3 is 2.92 bits per heavy atom. The van der Waals surface area contributed by atoms with Crippen molar-refractivity contribution in [1.82, 2.24) is 24.3 Å². The van der Waals surface area contributed by atoms with Crippen LogP contribution < -0.4 is 15.4 Å². The average molecular weight is 486 g/mol. The number of benzene rings is 1. The van der Waals surface area contributed by atoms with Crippen LogP contribution in [0, 0.1) is 6.92 Å². The zero-order chi connectivity index (χ0) is 25.2. The Bertz CT molecular complexity index is 1480. The summed E-state index contributed by atoms with van der Waals surface area (Å²) in [6.45, 7) is 6.51. The highest BCUT2D eigenvalue weighted by Gasteiger charge is 2.20. The minimum absolute atomic E-state index is 0.309. The van der Waals surface area contributed by atoms with Gasteiger partial charge in [-0.15, -0.1) is 0 Å². The number of carbonyl (C=O) groups is 2. The molecule has 0 spiro atoms. The molecule has 0 fully saturated rings. The normalized spacial score (nSPS) is 14.0. The van der Waals surface area contributed by atoms with E-state index in [-0.39, 0.29) is 11.8 Å². The molecule has 10 heteroatoms. The molecule has 10 nitrogen and oxygen atoms in total. The highest BCUT2D eigenvalue weighted by Crippen LogP contribution is 2.31. The molecular formula is C26H27N7O3. The van der Waals surface area contributed by atoms with Crippen LogP contribution in [0.25, 0.3) is 22.3 Å². The molecule has 0 saturated heterocycles. The fourth-order valence-corrected chi connectivity index (χ4v) is 4.39. The second-order valence-electron chi connectivity index (χ2n) is 8.69. The monoisotopic (exact) mass is 485 g/mol. The van der Waals surface area contributed by atoms with Gasteiger partial charge < -0.3 is 14.6 Å². The van der Waals surface area contributed by atoms with E-state index in [9.17, 15) is 9.59 Å². The summed E-state index contributed by atoms with van der Waals surface area (Å²) in [5.74, 6) is 0.414. The summed E-state index contributed by atoms with van der Waals surface area (Å²) in [5, 5.41) is 10.2.